The van der Waals surface area contributed by atoms with Gasteiger partial charge in [0.15, 0.2) is 0 Å². The monoisotopic (exact) mass is 490 g/mol. The Hall–Kier alpha value is -2.26. The number of hydrogen-bond donors (Lipinski definition) is 1. The van der Waals surface area contributed by atoms with Gasteiger partial charge in [-0.25, -0.2) is 4.39 Å². The van der Waals surface area contributed by atoms with Crippen molar-refractivity contribution in [2.45, 2.75) is 32.4 Å². The number of aliphatic hydroxyl groups excluding tert-OH is 1. The molecule has 6 nitrogen and oxygen atoms in total. The topological polar surface area (TPSA) is 62.2 Å². The zero-order valence-corrected chi connectivity index (χ0v) is 20.8. The highest BCUT2D eigenvalue weighted by molar-refractivity contribution is 7.10. The molecule has 0 saturated carbocycles. The van der Waals surface area contributed by atoms with Crippen LogP contribution in [0.5, 0.6) is 5.75 Å². The van der Waals surface area contributed by atoms with Crippen LogP contribution in [0, 0.1) is 11.7 Å². The van der Waals surface area contributed by atoms with E-state index in [1.54, 1.807) is 29.5 Å². The minimum Gasteiger partial charge on any atom is -0.491 e. The fraction of sp³-hybridized carbons (Fsp3) is 0.500. The summed E-state index contributed by atoms with van der Waals surface area (Å²) >= 11 is 1.69. The zero-order valence-electron chi connectivity index (χ0n) is 20.0. The summed E-state index contributed by atoms with van der Waals surface area (Å²) in [6, 6.07) is 7.73. The van der Waals surface area contributed by atoms with Crippen LogP contribution in [0.2, 0.25) is 0 Å². The van der Waals surface area contributed by atoms with Gasteiger partial charge in [-0.3, -0.25) is 9.69 Å². The minimum absolute atomic E-state index is 0.0262. The molecule has 0 aliphatic carbocycles. The maximum Gasteiger partial charge on any atom is 0.237 e. The van der Waals surface area contributed by atoms with E-state index in [0.29, 0.717) is 37.9 Å². The molecule has 34 heavy (non-hydrogen) atoms. The first-order chi connectivity index (χ1) is 16.4. The molecule has 0 spiro atoms. The molecule has 8 heteroatoms. The van der Waals surface area contributed by atoms with Crippen molar-refractivity contribution in [3.05, 3.63) is 64.6 Å². The van der Waals surface area contributed by atoms with Crippen LogP contribution in [0.15, 0.2) is 48.4 Å². The number of benzene rings is 1. The van der Waals surface area contributed by atoms with Gasteiger partial charge >= 0.3 is 0 Å². The van der Waals surface area contributed by atoms with Crippen molar-refractivity contribution in [1.82, 2.24) is 9.80 Å². The molecule has 1 aromatic carbocycles. The Morgan fingerprint density at radius 1 is 1.32 bits per heavy atom. The summed E-state index contributed by atoms with van der Waals surface area (Å²) in [5, 5.41) is 12.4. The summed E-state index contributed by atoms with van der Waals surface area (Å²) in [6.45, 7) is 10.6. The SMILES string of the molecule is C=CCN(CC(=O)N1CCc2sccc2[C@@H]1COc1ccc(F)cc1)C[C@@H](O)COCC(C)C. The van der Waals surface area contributed by atoms with Crippen LogP contribution in [0.1, 0.15) is 30.3 Å². The van der Waals surface area contributed by atoms with Gasteiger partial charge in [-0.05, 0) is 53.6 Å². The molecule has 0 saturated heterocycles. The van der Waals surface area contributed by atoms with Crippen molar-refractivity contribution in [3.8, 4) is 5.75 Å². The minimum atomic E-state index is -0.686. The van der Waals surface area contributed by atoms with Crippen LogP contribution in [-0.4, -0.2) is 72.9 Å². The van der Waals surface area contributed by atoms with Crippen LogP contribution < -0.4 is 4.74 Å². The van der Waals surface area contributed by atoms with Gasteiger partial charge in [-0.15, -0.1) is 17.9 Å². The molecule has 0 bridgehead atoms. The summed E-state index contributed by atoms with van der Waals surface area (Å²) in [5.74, 6) is 0.616. The van der Waals surface area contributed by atoms with Crippen LogP contribution in [0.25, 0.3) is 0 Å². The molecule has 2 atom stereocenters. The average molecular weight is 491 g/mol. The summed E-state index contributed by atoms with van der Waals surface area (Å²) in [7, 11) is 0. The quantitative estimate of drug-likeness (QED) is 0.432. The Balaban J connectivity index is 1.64. The second-order valence-corrected chi connectivity index (χ2v) is 9.99. The molecule has 2 aromatic rings. The van der Waals surface area contributed by atoms with Gasteiger partial charge in [-0.2, -0.15) is 0 Å². The second-order valence-electron chi connectivity index (χ2n) is 8.98. The fourth-order valence-corrected chi connectivity index (χ4v) is 4.97. The fourth-order valence-electron chi connectivity index (χ4n) is 4.04. The predicted octanol–water partition coefficient (Wildman–Crippen LogP) is 3.91. The Morgan fingerprint density at radius 2 is 2.09 bits per heavy atom. The van der Waals surface area contributed by atoms with E-state index in [9.17, 15) is 14.3 Å². The van der Waals surface area contributed by atoms with Gasteiger partial charge in [0, 0.05) is 31.1 Å². The maximum absolute atomic E-state index is 13.4. The summed E-state index contributed by atoms with van der Waals surface area (Å²) < 4.78 is 24.7. The third-order valence-corrected chi connectivity index (χ3v) is 6.61. The summed E-state index contributed by atoms with van der Waals surface area (Å²) in [5.41, 5.74) is 1.10. The predicted molar refractivity (Wildman–Crippen MR) is 133 cm³/mol. The lowest BCUT2D eigenvalue weighted by Crippen LogP contribution is -2.48. The number of rotatable bonds is 13. The van der Waals surface area contributed by atoms with Crippen LogP contribution in [0.4, 0.5) is 4.39 Å². The average Bonchev–Trinajstić information content (AvgIpc) is 3.27. The molecule has 186 valence electrons. The summed E-state index contributed by atoms with van der Waals surface area (Å²) in [6.07, 6.45) is 1.85. The highest BCUT2D eigenvalue weighted by Crippen LogP contribution is 2.34. The third kappa shape index (κ3) is 7.63. The third-order valence-electron chi connectivity index (χ3n) is 5.61. The van der Waals surface area contributed by atoms with Crippen molar-refractivity contribution >= 4 is 17.2 Å². The van der Waals surface area contributed by atoms with E-state index < -0.39 is 6.10 Å². The molecule has 1 N–H and O–H groups in total. The molecule has 2 heterocycles. The number of carbonyl (C=O) groups excluding carboxylic acids is 1. The number of thiophene rings is 1. The number of ether oxygens (including phenoxy) is 2. The van der Waals surface area contributed by atoms with Crippen LogP contribution >= 0.6 is 11.3 Å². The van der Waals surface area contributed by atoms with Crippen molar-refractivity contribution in [2.75, 3.05) is 46.0 Å². The molecule has 0 fully saturated rings. The van der Waals surface area contributed by atoms with Crippen LogP contribution in [0.3, 0.4) is 0 Å². The number of aliphatic hydroxyl groups is 1. The molecule has 1 aliphatic heterocycles. The van der Waals surface area contributed by atoms with Gasteiger partial charge < -0.3 is 19.5 Å². The van der Waals surface area contributed by atoms with E-state index in [-0.39, 0.29) is 37.5 Å². The van der Waals surface area contributed by atoms with E-state index in [0.717, 1.165) is 12.0 Å². The molecule has 1 amide bonds. The van der Waals surface area contributed by atoms with Crippen molar-refractivity contribution < 1.29 is 23.8 Å². The number of amides is 1. The lowest BCUT2D eigenvalue weighted by atomic mass is 10.0. The van der Waals surface area contributed by atoms with Crippen LogP contribution in [-0.2, 0) is 16.0 Å². The standard InChI is InChI=1S/C26H35FN2O4S/c1-4-11-28(14-21(30)17-32-16-19(2)3)15-26(31)29-12-9-25-23(10-13-34-25)24(29)18-33-22-7-5-20(27)6-8-22/h4-8,10,13,19,21,24,30H,1,9,11-12,14-18H2,2-3H3/t21-,24+/m1/s1. The largest absolute Gasteiger partial charge is 0.491 e. The first kappa shape index (κ1) is 26.3. The van der Waals surface area contributed by atoms with E-state index >= 15 is 0 Å². The number of hydrogen-bond acceptors (Lipinski definition) is 6. The molecular weight excluding hydrogens is 455 g/mol. The number of carbonyl (C=O) groups is 1. The van der Waals surface area contributed by atoms with E-state index in [4.69, 9.17) is 9.47 Å². The van der Waals surface area contributed by atoms with Crippen molar-refractivity contribution in [3.63, 3.8) is 0 Å². The molecule has 1 aliphatic rings. The Bertz CT molecular complexity index is 918. The van der Waals surface area contributed by atoms with Gasteiger partial charge in [0.1, 0.15) is 18.2 Å². The van der Waals surface area contributed by atoms with Gasteiger partial charge in [0.2, 0.25) is 5.91 Å². The number of halogens is 1. The Labute approximate surface area is 205 Å². The first-order valence-corrected chi connectivity index (χ1v) is 12.6. The lowest BCUT2D eigenvalue weighted by Gasteiger charge is -2.37. The van der Waals surface area contributed by atoms with Crippen molar-refractivity contribution in [2.24, 2.45) is 5.92 Å². The van der Waals surface area contributed by atoms with Gasteiger partial charge in [-0.1, -0.05) is 19.9 Å². The molecule has 0 unspecified atom stereocenters. The van der Waals surface area contributed by atoms with E-state index in [2.05, 4.69) is 26.5 Å². The molecule has 3 rings (SSSR count). The smallest absolute Gasteiger partial charge is 0.237 e. The highest BCUT2D eigenvalue weighted by Gasteiger charge is 2.33. The Kier molecular flexibility index (Phi) is 10.1. The van der Waals surface area contributed by atoms with Crippen molar-refractivity contribution in [1.29, 1.82) is 0 Å². The second kappa shape index (κ2) is 13.0. The summed E-state index contributed by atoms with van der Waals surface area (Å²) in [4.78, 5) is 18.4. The normalized spacial score (nSPS) is 16.5. The van der Waals surface area contributed by atoms with Gasteiger partial charge in [0.25, 0.3) is 0 Å². The first-order valence-electron chi connectivity index (χ1n) is 11.7. The molecule has 1 aromatic heterocycles. The maximum atomic E-state index is 13.4. The Morgan fingerprint density at radius 3 is 2.79 bits per heavy atom. The van der Waals surface area contributed by atoms with Gasteiger partial charge in [0.05, 0.1) is 25.3 Å². The number of nitrogens with zero attached hydrogens (tertiary/aromatic N) is 2. The van der Waals surface area contributed by atoms with E-state index in [1.165, 1.54) is 17.0 Å². The number of fused-ring (bicyclic) bond motifs is 1. The molecule has 0 radical (unpaired) electrons. The molecular formula is C26H35FN2O4S. The highest BCUT2D eigenvalue weighted by atomic mass is 32.1. The zero-order chi connectivity index (χ0) is 24.5. The van der Waals surface area contributed by atoms with E-state index in [1.807, 2.05) is 15.2 Å². The lowest BCUT2D eigenvalue weighted by molar-refractivity contribution is -0.136.